The first kappa shape index (κ1) is 16.5. The van der Waals surface area contributed by atoms with E-state index in [1.165, 1.54) is 22.3 Å². The van der Waals surface area contributed by atoms with Gasteiger partial charge in [-0.3, -0.25) is 0 Å². The number of fused-ring (bicyclic) bond motifs is 3. The van der Waals surface area contributed by atoms with Crippen LogP contribution in [0.15, 0.2) is 48.5 Å². The number of hydrogen-bond donors (Lipinski definition) is 1. The van der Waals surface area contributed by atoms with Crippen molar-refractivity contribution in [2.45, 2.75) is 25.8 Å². The number of aliphatic hydroxyl groups excluding tert-OH is 1. The minimum Gasteiger partial charge on any atom is -0.448 e. The fraction of sp³-hybridized carbons (Fsp3) is 0.350. The zero-order valence-electron chi connectivity index (χ0n) is 14.1. The van der Waals surface area contributed by atoms with Crippen LogP contribution in [0, 0.1) is 0 Å². The Kier molecular flexibility index (Phi) is 4.86. The molecular formula is C20H23NO3. The molecule has 0 bridgehead atoms. The number of nitrogens with zero attached hydrogens (tertiary/aromatic N) is 1. The molecule has 1 N–H and O–H groups in total. The van der Waals surface area contributed by atoms with Crippen molar-refractivity contribution in [3.8, 4) is 11.1 Å². The number of ether oxygens (including phenoxy) is 1. The highest BCUT2D eigenvalue weighted by Crippen LogP contribution is 2.44. The van der Waals surface area contributed by atoms with Gasteiger partial charge in [0, 0.05) is 12.5 Å². The standard InChI is InChI=1S/C20H23NO3/c1-3-21(14(2)12-22)20(23)24-13-19-17-10-6-4-8-15(17)16-9-5-7-11-18(16)19/h4-11,14,19,22H,3,12-13H2,1-2H3/t14-/m1/s1. The maximum absolute atomic E-state index is 12.3. The van der Waals surface area contributed by atoms with Crippen LogP contribution in [0.1, 0.15) is 30.9 Å². The third kappa shape index (κ3) is 2.89. The Morgan fingerprint density at radius 3 is 2.17 bits per heavy atom. The third-order valence-electron chi connectivity index (χ3n) is 4.71. The average molecular weight is 325 g/mol. The van der Waals surface area contributed by atoms with E-state index in [0.29, 0.717) is 13.2 Å². The molecular weight excluding hydrogens is 302 g/mol. The topological polar surface area (TPSA) is 49.8 Å². The monoisotopic (exact) mass is 325 g/mol. The molecule has 0 aliphatic heterocycles. The second kappa shape index (κ2) is 7.05. The van der Waals surface area contributed by atoms with Crippen molar-refractivity contribution in [1.82, 2.24) is 4.90 Å². The van der Waals surface area contributed by atoms with Gasteiger partial charge in [0.05, 0.1) is 12.6 Å². The molecule has 0 spiro atoms. The fourth-order valence-electron chi connectivity index (χ4n) is 3.40. The molecule has 4 heteroatoms. The highest BCUT2D eigenvalue weighted by Gasteiger charge is 2.30. The summed E-state index contributed by atoms with van der Waals surface area (Å²) in [5.74, 6) is 0.0597. The first-order valence-electron chi connectivity index (χ1n) is 8.39. The summed E-state index contributed by atoms with van der Waals surface area (Å²) in [6, 6.07) is 16.3. The van der Waals surface area contributed by atoms with Gasteiger partial charge in [-0.15, -0.1) is 0 Å². The molecule has 0 fully saturated rings. The Bertz CT molecular complexity index is 683. The van der Waals surface area contributed by atoms with E-state index in [1.807, 2.05) is 38.1 Å². The molecule has 0 saturated carbocycles. The SMILES string of the molecule is CCN(C(=O)OCC1c2ccccc2-c2ccccc21)[C@H](C)CO. The number of hydrogen-bond acceptors (Lipinski definition) is 3. The maximum Gasteiger partial charge on any atom is 0.410 e. The zero-order valence-corrected chi connectivity index (χ0v) is 14.1. The number of aliphatic hydroxyl groups is 1. The molecule has 126 valence electrons. The summed E-state index contributed by atoms with van der Waals surface area (Å²) in [5.41, 5.74) is 4.82. The second-order valence-electron chi connectivity index (χ2n) is 6.12. The Hall–Kier alpha value is -2.33. The van der Waals surface area contributed by atoms with E-state index in [1.54, 1.807) is 4.90 Å². The van der Waals surface area contributed by atoms with Crippen LogP contribution < -0.4 is 0 Å². The van der Waals surface area contributed by atoms with Gasteiger partial charge >= 0.3 is 6.09 Å². The van der Waals surface area contributed by atoms with Gasteiger partial charge in [0.1, 0.15) is 6.61 Å². The van der Waals surface area contributed by atoms with Crippen LogP contribution in [0.5, 0.6) is 0 Å². The van der Waals surface area contributed by atoms with E-state index in [9.17, 15) is 9.90 Å². The van der Waals surface area contributed by atoms with E-state index < -0.39 is 0 Å². The average Bonchev–Trinajstić information content (AvgIpc) is 2.94. The Balaban J connectivity index is 1.80. The zero-order chi connectivity index (χ0) is 17.1. The van der Waals surface area contributed by atoms with Crippen LogP contribution in [0.2, 0.25) is 0 Å². The number of carbonyl (C=O) groups excluding carboxylic acids is 1. The molecule has 0 heterocycles. The summed E-state index contributed by atoms with van der Waals surface area (Å²) >= 11 is 0. The van der Waals surface area contributed by atoms with Gasteiger partial charge in [0.15, 0.2) is 0 Å². The van der Waals surface area contributed by atoms with Crippen molar-refractivity contribution in [2.75, 3.05) is 19.8 Å². The third-order valence-corrected chi connectivity index (χ3v) is 4.71. The smallest absolute Gasteiger partial charge is 0.410 e. The number of carbonyl (C=O) groups is 1. The minimum absolute atomic E-state index is 0.0597. The number of amides is 1. The molecule has 2 aromatic carbocycles. The second-order valence-corrected chi connectivity index (χ2v) is 6.12. The molecule has 1 aliphatic carbocycles. The van der Waals surface area contributed by atoms with Gasteiger partial charge in [-0.25, -0.2) is 4.79 Å². The lowest BCUT2D eigenvalue weighted by atomic mass is 9.98. The molecule has 2 aromatic rings. The largest absolute Gasteiger partial charge is 0.448 e. The van der Waals surface area contributed by atoms with Crippen LogP contribution in [0.3, 0.4) is 0 Å². The fourth-order valence-corrected chi connectivity index (χ4v) is 3.40. The molecule has 1 aliphatic rings. The molecule has 0 unspecified atom stereocenters. The number of rotatable bonds is 5. The van der Waals surface area contributed by atoms with E-state index in [0.717, 1.165) is 0 Å². The normalized spacial score (nSPS) is 14.0. The van der Waals surface area contributed by atoms with Crippen LogP contribution in [0.4, 0.5) is 4.79 Å². The predicted octanol–water partition coefficient (Wildman–Crippen LogP) is 3.64. The molecule has 24 heavy (non-hydrogen) atoms. The molecule has 0 saturated heterocycles. The first-order chi connectivity index (χ1) is 11.7. The van der Waals surface area contributed by atoms with E-state index >= 15 is 0 Å². The Labute approximate surface area is 142 Å². The van der Waals surface area contributed by atoms with Crippen molar-refractivity contribution in [3.63, 3.8) is 0 Å². The van der Waals surface area contributed by atoms with E-state index in [-0.39, 0.29) is 24.7 Å². The van der Waals surface area contributed by atoms with E-state index in [4.69, 9.17) is 4.74 Å². The Morgan fingerprint density at radius 2 is 1.67 bits per heavy atom. The van der Waals surface area contributed by atoms with Gasteiger partial charge in [-0.05, 0) is 36.1 Å². The molecule has 3 rings (SSSR count). The van der Waals surface area contributed by atoms with Crippen molar-refractivity contribution in [3.05, 3.63) is 59.7 Å². The highest BCUT2D eigenvalue weighted by molar-refractivity contribution is 5.79. The van der Waals surface area contributed by atoms with Gasteiger partial charge < -0.3 is 14.7 Å². The summed E-state index contributed by atoms with van der Waals surface area (Å²) in [7, 11) is 0. The lowest BCUT2D eigenvalue weighted by Gasteiger charge is -2.26. The molecule has 1 amide bonds. The summed E-state index contributed by atoms with van der Waals surface area (Å²) in [6.45, 7) is 4.44. The van der Waals surface area contributed by atoms with Crippen molar-refractivity contribution in [2.24, 2.45) is 0 Å². The van der Waals surface area contributed by atoms with Gasteiger partial charge in [-0.1, -0.05) is 48.5 Å². The van der Waals surface area contributed by atoms with Gasteiger partial charge in [-0.2, -0.15) is 0 Å². The highest BCUT2D eigenvalue weighted by atomic mass is 16.6. The van der Waals surface area contributed by atoms with Crippen LogP contribution in [0.25, 0.3) is 11.1 Å². The Morgan fingerprint density at radius 1 is 1.12 bits per heavy atom. The van der Waals surface area contributed by atoms with Crippen molar-refractivity contribution >= 4 is 6.09 Å². The summed E-state index contributed by atoms with van der Waals surface area (Å²) < 4.78 is 5.59. The van der Waals surface area contributed by atoms with Gasteiger partial charge in [0.2, 0.25) is 0 Å². The number of likely N-dealkylation sites (N-methyl/N-ethyl adjacent to an activating group) is 1. The predicted molar refractivity (Wildman–Crippen MR) is 94.0 cm³/mol. The minimum atomic E-state index is -0.374. The molecule has 4 nitrogen and oxygen atoms in total. The lowest BCUT2D eigenvalue weighted by Crippen LogP contribution is -2.41. The van der Waals surface area contributed by atoms with Crippen molar-refractivity contribution in [1.29, 1.82) is 0 Å². The van der Waals surface area contributed by atoms with E-state index in [2.05, 4.69) is 24.3 Å². The summed E-state index contributed by atoms with van der Waals surface area (Å²) in [5, 5.41) is 9.28. The molecule has 0 radical (unpaired) electrons. The maximum atomic E-state index is 12.3. The summed E-state index contributed by atoms with van der Waals surface area (Å²) in [6.07, 6.45) is -0.374. The van der Waals surface area contributed by atoms with Crippen LogP contribution >= 0.6 is 0 Å². The quantitative estimate of drug-likeness (QED) is 0.913. The van der Waals surface area contributed by atoms with Crippen molar-refractivity contribution < 1.29 is 14.6 Å². The number of benzene rings is 2. The summed E-state index contributed by atoms with van der Waals surface area (Å²) in [4.78, 5) is 13.9. The van der Waals surface area contributed by atoms with Crippen LogP contribution in [-0.2, 0) is 4.74 Å². The van der Waals surface area contributed by atoms with Gasteiger partial charge in [0.25, 0.3) is 0 Å². The molecule has 1 atom stereocenters. The van der Waals surface area contributed by atoms with Crippen LogP contribution in [-0.4, -0.2) is 41.9 Å². The lowest BCUT2D eigenvalue weighted by molar-refractivity contribution is 0.0742. The molecule has 0 aromatic heterocycles. The first-order valence-corrected chi connectivity index (χ1v) is 8.39.